The van der Waals surface area contributed by atoms with E-state index in [-0.39, 0.29) is 4.34 Å². The minimum atomic E-state index is -3.57. The highest BCUT2D eigenvalue weighted by atomic mass is 32.2. The molecule has 0 aliphatic rings. The lowest BCUT2D eigenvalue weighted by Gasteiger charge is -1.89. The van der Waals surface area contributed by atoms with Gasteiger partial charge < -0.3 is 0 Å². The average Bonchev–Trinajstić information content (AvgIpc) is 2.36. The largest absolute Gasteiger partial charge is 0.290 e. The number of sulfone groups is 1. The second kappa shape index (κ2) is 3.28. The Morgan fingerprint density at radius 3 is 2.58 bits per heavy atom. The fraction of sp³-hybridized carbons (Fsp3) is 0.400. The van der Waals surface area contributed by atoms with Gasteiger partial charge in [0.2, 0.25) is 20.5 Å². The Morgan fingerprint density at radius 2 is 2.17 bits per heavy atom. The number of aryl methyl sites for hydroxylation is 1. The van der Waals surface area contributed by atoms with Crippen LogP contribution in [-0.4, -0.2) is 30.7 Å². The summed E-state index contributed by atoms with van der Waals surface area (Å²) in [7, 11) is -3.57. The molecule has 1 radical (unpaired) electrons. The molecular weight excluding hydrogens is 200 g/mol. The van der Waals surface area contributed by atoms with Crippen LogP contribution in [0.4, 0.5) is 0 Å². The van der Waals surface area contributed by atoms with Crippen LogP contribution in [0.15, 0.2) is 4.34 Å². The van der Waals surface area contributed by atoms with Crippen LogP contribution in [-0.2, 0) is 14.6 Å². The molecule has 0 amide bonds. The Labute approximate surface area is 73.4 Å². The molecule has 0 saturated carbocycles. The van der Waals surface area contributed by atoms with Crippen molar-refractivity contribution in [1.29, 1.82) is 0 Å². The standard InChI is InChI=1S/C5H5N2O3S2/c1-4-6-7-5(11-4)12(9,10)3-2-8/h3H2,1H3. The third kappa shape index (κ3) is 1.86. The zero-order valence-electron chi connectivity index (χ0n) is 6.14. The summed E-state index contributed by atoms with van der Waals surface area (Å²) in [6.07, 6.45) is 1.32. The second-order valence-electron chi connectivity index (χ2n) is 1.99. The summed E-state index contributed by atoms with van der Waals surface area (Å²) in [6.45, 7) is 1.64. The fourth-order valence-electron chi connectivity index (χ4n) is 0.543. The van der Waals surface area contributed by atoms with Crippen LogP contribution in [0.5, 0.6) is 0 Å². The van der Waals surface area contributed by atoms with E-state index in [1.807, 2.05) is 0 Å². The Bertz CT molecular complexity index is 381. The lowest BCUT2D eigenvalue weighted by atomic mass is 10.9. The molecular formula is C5H5N2O3S2. The second-order valence-corrected chi connectivity index (χ2v) is 5.34. The molecule has 0 aliphatic carbocycles. The van der Waals surface area contributed by atoms with Gasteiger partial charge >= 0.3 is 0 Å². The van der Waals surface area contributed by atoms with E-state index < -0.39 is 15.6 Å². The van der Waals surface area contributed by atoms with Crippen molar-refractivity contribution in [3.63, 3.8) is 0 Å². The number of nitrogens with zero attached hydrogens (tertiary/aromatic N) is 2. The van der Waals surface area contributed by atoms with Gasteiger partial charge in [0, 0.05) is 0 Å². The highest BCUT2D eigenvalue weighted by Gasteiger charge is 2.18. The Kier molecular flexibility index (Phi) is 2.53. The number of hydrogen-bond acceptors (Lipinski definition) is 6. The van der Waals surface area contributed by atoms with E-state index in [1.54, 1.807) is 6.92 Å². The van der Waals surface area contributed by atoms with Gasteiger partial charge in [-0.3, -0.25) is 4.79 Å². The zero-order valence-corrected chi connectivity index (χ0v) is 7.78. The molecule has 12 heavy (non-hydrogen) atoms. The van der Waals surface area contributed by atoms with Crippen molar-refractivity contribution in [2.75, 3.05) is 5.75 Å². The van der Waals surface area contributed by atoms with Gasteiger partial charge in [0.1, 0.15) is 10.8 Å². The first-order valence-corrected chi connectivity index (χ1v) is 5.41. The zero-order chi connectivity index (χ0) is 9.19. The molecule has 0 saturated heterocycles. The lowest BCUT2D eigenvalue weighted by molar-refractivity contribution is 0.557. The van der Waals surface area contributed by atoms with Gasteiger partial charge in [-0.15, -0.1) is 10.2 Å². The van der Waals surface area contributed by atoms with E-state index in [9.17, 15) is 13.2 Å². The van der Waals surface area contributed by atoms with E-state index in [2.05, 4.69) is 10.2 Å². The third-order valence-corrected chi connectivity index (χ3v) is 3.78. The van der Waals surface area contributed by atoms with Gasteiger partial charge in [0.15, 0.2) is 0 Å². The number of carbonyl (C=O) groups excluding carboxylic acids is 1. The summed E-state index contributed by atoms with van der Waals surface area (Å²) >= 11 is 0.946. The van der Waals surface area contributed by atoms with Crippen molar-refractivity contribution in [2.45, 2.75) is 11.3 Å². The van der Waals surface area contributed by atoms with Crippen LogP contribution in [0.25, 0.3) is 0 Å². The average molecular weight is 205 g/mol. The summed E-state index contributed by atoms with van der Waals surface area (Å²) in [5.74, 6) is -0.651. The van der Waals surface area contributed by atoms with Gasteiger partial charge in [-0.1, -0.05) is 11.3 Å². The Balaban J connectivity index is 3.06. The molecule has 5 nitrogen and oxygen atoms in total. The van der Waals surface area contributed by atoms with Crippen LogP contribution in [0.1, 0.15) is 5.01 Å². The van der Waals surface area contributed by atoms with Crippen molar-refractivity contribution < 1.29 is 13.2 Å². The van der Waals surface area contributed by atoms with Crippen LogP contribution in [0.2, 0.25) is 0 Å². The van der Waals surface area contributed by atoms with Crippen LogP contribution < -0.4 is 0 Å². The van der Waals surface area contributed by atoms with Crippen molar-refractivity contribution in [3.8, 4) is 0 Å². The Hall–Kier alpha value is -0.820. The molecule has 0 N–H and O–H groups in total. The van der Waals surface area contributed by atoms with Gasteiger partial charge in [-0.05, 0) is 6.92 Å². The van der Waals surface area contributed by atoms with E-state index in [1.165, 1.54) is 6.29 Å². The van der Waals surface area contributed by atoms with E-state index >= 15 is 0 Å². The minimum Gasteiger partial charge on any atom is -0.290 e. The van der Waals surface area contributed by atoms with Gasteiger partial charge in [-0.25, -0.2) is 8.42 Å². The highest BCUT2D eigenvalue weighted by Crippen LogP contribution is 2.14. The molecule has 65 valence electrons. The van der Waals surface area contributed by atoms with E-state index in [4.69, 9.17) is 0 Å². The molecule has 7 heteroatoms. The first-order valence-electron chi connectivity index (χ1n) is 2.94. The smallest absolute Gasteiger partial charge is 0.233 e. The number of aromatic nitrogens is 2. The summed E-state index contributed by atoms with van der Waals surface area (Å²) in [5.41, 5.74) is 0. The van der Waals surface area contributed by atoms with Crippen LogP contribution in [0.3, 0.4) is 0 Å². The van der Waals surface area contributed by atoms with E-state index in [0.717, 1.165) is 11.3 Å². The summed E-state index contributed by atoms with van der Waals surface area (Å²) in [6, 6.07) is 0. The van der Waals surface area contributed by atoms with Crippen LogP contribution in [0, 0.1) is 6.92 Å². The topological polar surface area (TPSA) is 77.0 Å². The van der Waals surface area contributed by atoms with Gasteiger partial charge in [0.25, 0.3) is 0 Å². The maximum atomic E-state index is 11.1. The first-order chi connectivity index (χ1) is 5.56. The lowest BCUT2D eigenvalue weighted by Crippen LogP contribution is -2.06. The summed E-state index contributed by atoms with van der Waals surface area (Å²) < 4.78 is 22.1. The highest BCUT2D eigenvalue weighted by molar-refractivity contribution is 7.93. The molecule has 1 aromatic rings. The maximum Gasteiger partial charge on any atom is 0.233 e. The maximum absolute atomic E-state index is 11.1. The molecule has 1 heterocycles. The van der Waals surface area contributed by atoms with Crippen molar-refractivity contribution in [2.24, 2.45) is 0 Å². The fourth-order valence-corrected chi connectivity index (χ4v) is 2.45. The van der Waals surface area contributed by atoms with Gasteiger partial charge in [0.05, 0.1) is 0 Å². The normalized spacial score (nSPS) is 11.4. The molecule has 0 aliphatic heterocycles. The predicted octanol–water partition coefficient (Wildman–Crippen LogP) is -0.270. The quantitative estimate of drug-likeness (QED) is 0.678. The summed E-state index contributed by atoms with van der Waals surface area (Å²) in [5, 5.41) is 7.49. The van der Waals surface area contributed by atoms with Crippen molar-refractivity contribution in [3.05, 3.63) is 5.01 Å². The Morgan fingerprint density at radius 1 is 1.50 bits per heavy atom. The van der Waals surface area contributed by atoms with Gasteiger partial charge in [-0.2, -0.15) is 0 Å². The monoisotopic (exact) mass is 205 g/mol. The molecule has 0 fully saturated rings. The van der Waals surface area contributed by atoms with Crippen LogP contribution >= 0.6 is 11.3 Å². The molecule has 0 unspecified atom stereocenters. The number of rotatable bonds is 3. The SMILES string of the molecule is Cc1nnc(S(=O)(=O)C[C]=O)s1. The molecule has 1 rings (SSSR count). The minimum absolute atomic E-state index is 0.122. The van der Waals surface area contributed by atoms with Crippen molar-refractivity contribution in [1.82, 2.24) is 10.2 Å². The molecule has 0 bridgehead atoms. The molecule has 0 spiro atoms. The van der Waals surface area contributed by atoms with Crippen molar-refractivity contribution >= 4 is 27.5 Å². The molecule has 0 aromatic carbocycles. The molecule has 0 atom stereocenters. The molecule has 1 aromatic heterocycles. The summed E-state index contributed by atoms with van der Waals surface area (Å²) in [4.78, 5) is 9.85. The number of hydrogen-bond donors (Lipinski definition) is 0. The first kappa shape index (κ1) is 9.27. The predicted molar refractivity (Wildman–Crippen MR) is 42.4 cm³/mol. The third-order valence-electron chi connectivity index (χ3n) is 1.02. The van der Waals surface area contributed by atoms with E-state index in [0.29, 0.717) is 5.01 Å².